The van der Waals surface area contributed by atoms with Gasteiger partial charge in [0.1, 0.15) is 23.2 Å². The number of carbonyl (C=O) groups excluding carboxylic acids is 3. The molecular formula is C20H28N4O8. The number of hydrogen-bond acceptors (Lipinski definition) is 10. The van der Waals surface area contributed by atoms with Gasteiger partial charge in [0.2, 0.25) is 11.8 Å². The zero-order valence-corrected chi connectivity index (χ0v) is 19.1. The molecule has 0 aliphatic rings. The Kier molecular flexibility index (Phi) is 7.62. The molecule has 0 aliphatic heterocycles. The number of nitrogens with one attached hydrogen (secondary N) is 2. The summed E-state index contributed by atoms with van der Waals surface area (Å²) >= 11 is 0. The van der Waals surface area contributed by atoms with Crippen molar-refractivity contribution in [1.82, 2.24) is 20.6 Å². The van der Waals surface area contributed by atoms with Crippen molar-refractivity contribution >= 4 is 18.0 Å². The monoisotopic (exact) mass is 452 g/mol. The molecule has 2 aromatic heterocycles. The average Bonchev–Trinajstić information content (AvgIpc) is 3.24. The second kappa shape index (κ2) is 9.81. The first kappa shape index (κ1) is 24.9. The summed E-state index contributed by atoms with van der Waals surface area (Å²) in [6, 6.07) is -1.07. The summed E-state index contributed by atoms with van der Waals surface area (Å²) in [4.78, 5) is 44.4. The predicted octanol–water partition coefficient (Wildman–Crippen LogP) is 1.94. The predicted molar refractivity (Wildman–Crippen MR) is 109 cm³/mol. The molecule has 0 fully saturated rings. The van der Waals surface area contributed by atoms with Crippen molar-refractivity contribution in [2.24, 2.45) is 0 Å². The third-order valence-electron chi connectivity index (χ3n) is 4.07. The Morgan fingerprint density at radius 1 is 1.09 bits per heavy atom. The molecular weight excluding hydrogens is 424 g/mol. The highest BCUT2D eigenvalue weighted by Crippen LogP contribution is 2.22. The fourth-order valence-corrected chi connectivity index (χ4v) is 2.63. The van der Waals surface area contributed by atoms with Crippen LogP contribution in [-0.2, 0) is 16.0 Å². The van der Waals surface area contributed by atoms with Gasteiger partial charge in [0, 0.05) is 0 Å². The van der Waals surface area contributed by atoms with E-state index >= 15 is 0 Å². The van der Waals surface area contributed by atoms with Gasteiger partial charge in [0.05, 0.1) is 19.8 Å². The molecule has 0 radical (unpaired) electrons. The van der Waals surface area contributed by atoms with E-state index in [2.05, 4.69) is 25.3 Å². The number of esters is 1. The summed E-state index contributed by atoms with van der Waals surface area (Å²) in [5.41, 5.74) is -0.771. The van der Waals surface area contributed by atoms with E-state index in [-0.39, 0.29) is 41.2 Å². The van der Waals surface area contributed by atoms with Crippen LogP contribution in [0.1, 0.15) is 78.0 Å². The molecule has 0 saturated heterocycles. The van der Waals surface area contributed by atoms with Crippen molar-refractivity contribution in [3.05, 3.63) is 34.7 Å². The second-order valence-electron chi connectivity index (χ2n) is 8.01. The smallest absolute Gasteiger partial charge is 0.408 e. The van der Waals surface area contributed by atoms with Crippen LogP contribution in [0, 0.1) is 13.8 Å². The molecule has 2 heterocycles. The average molecular weight is 452 g/mol. The number of aryl methyl sites for hydroxylation is 2. The van der Waals surface area contributed by atoms with E-state index in [9.17, 15) is 19.5 Å². The summed E-state index contributed by atoms with van der Waals surface area (Å²) in [6.45, 7) is 9.56. The van der Waals surface area contributed by atoms with Crippen LogP contribution in [0.15, 0.2) is 8.83 Å². The van der Waals surface area contributed by atoms with Gasteiger partial charge in [0.15, 0.2) is 11.4 Å². The largest absolute Gasteiger partial charge is 0.464 e. The van der Waals surface area contributed by atoms with Crippen molar-refractivity contribution in [3.8, 4) is 0 Å². The molecule has 0 spiro atoms. The Morgan fingerprint density at radius 2 is 1.72 bits per heavy atom. The van der Waals surface area contributed by atoms with Crippen molar-refractivity contribution < 1.29 is 37.8 Å². The topological polar surface area (TPSA) is 166 Å². The standard InChI is InChI=1S/C20H28N4O8/c1-9(25)13(17-24-15(11(3)31-17)18(27)29-7)23-16(26)14-10(2)30-12(22-14)8-21-19(28)32-20(4,5)6/h9,13,25H,8H2,1-7H3,(H,21,28)(H,23,26). The van der Waals surface area contributed by atoms with Crippen molar-refractivity contribution in [2.75, 3.05) is 7.11 Å². The third-order valence-corrected chi connectivity index (χ3v) is 4.07. The number of carbonyl (C=O) groups is 3. The van der Waals surface area contributed by atoms with E-state index in [0.29, 0.717) is 0 Å². The van der Waals surface area contributed by atoms with Crippen LogP contribution >= 0.6 is 0 Å². The number of amides is 2. The van der Waals surface area contributed by atoms with E-state index in [1.54, 1.807) is 20.8 Å². The number of oxazole rings is 2. The summed E-state index contributed by atoms with van der Waals surface area (Å²) in [6.07, 6.45) is -1.77. The fraction of sp³-hybridized carbons (Fsp3) is 0.550. The lowest BCUT2D eigenvalue weighted by Gasteiger charge is -2.19. The maximum absolute atomic E-state index is 12.8. The van der Waals surface area contributed by atoms with E-state index in [0.717, 1.165) is 0 Å². The van der Waals surface area contributed by atoms with Gasteiger partial charge in [0.25, 0.3) is 5.91 Å². The second-order valence-corrected chi connectivity index (χ2v) is 8.01. The number of alkyl carbamates (subject to hydrolysis) is 1. The molecule has 2 atom stereocenters. The van der Waals surface area contributed by atoms with Gasteiger partial charge in [-0.2, -0.15) is 0 Å². The lowest BCUT2D eigenvalue weighted by Crippen LogP contribution is -2.36. The van der Waals surface area contributed by atoms with Crippen LogP contribution in [-0.4, -0.2) is 51.9 Å². The molecule has 2 rings (SSSR count). The minimum atomic E-state index is -1.11. The summed E-state index contributed by atoms with van der Waals surface area (Å²) in [5.74, 6) is -0.975. The Balaban J connectivity index is 2.13. The number of aliphatic hydroxyl groups is 1. The molecule has 0 saturated carbocycles. The van der Waals surface area contributed by atoms with Gasteiger partial charge < -0.3 is 34.0 Å². The Morgan fingerprint density at radius 3 is 2.28 bits per heavy atom. The van der Waals surface area contributed by atoms with Crippen LogP contribution in [0.25, 0.3) is 0 Å². The minimum absolute atomic E-state index is 0.0480. The maximum atomic E-state index is 12.8. The zero-order valence-electron chi connectivity index (χ0n) is 19.1. The van der Waals surface area contributed by atoms with Crippen LogP contribution in [0.2, 0.25) is 0 Å². The van der Waals surface area contributed by atoms with Gasteiger partial charge >= 0.3 is 12.1 Å². The van der Waals surface area contributed by atoms with Gasteiger partial charge in [-0.15, -0.1) is 0 Å². The quantitative estimate of drug-likeness (QED) is 0.528. The summed E-state index contributed by atoms with van der Waals surface area (Å²) in [7, 11) is 1.20. The molecule has 32 heavy (non-hydrogen) atoms. The van der Waals surface area contributed by atoms with Crippen LogP contribution in [0.3, 0.4) is 0 Å². The maximum Gasteiger partial charge on any atom is 0.408 e. The van der Waals surface area contributed by atoms with Crippen LogP contribution in [0.5, 0.6) is 0 Å². The van der Waals surface area contributed by atoms with Gasteiger partial charge in [-0.05, 0) is 41.5 Å². The Hall–Kier alpha value is -3.41. The highest BCUT2D eigenvalue weighted by Gasteiger charge is 2.30. The highest BCUT2D eigenvalue weighted by molar-refractivity contribution is 5.93. The SMILES string of the molecule is COC(=O)c1nc(C(NC(=O)c2nc(CNC(=O)OC(C)(C)C)oc2C)C(C)O)oc1C. The molecule has 2 unspecified atom stereocenters. The molecule has 3 N–H and O–H groups in total. The van der Waals surface area contributed by atoms with E-state index in [1.165, 1.54) is 27.9 Å². The summed E-state index contributed by atoms with van der Waals surface area (Å²) in [5, 5.41) is 15.2. The van der Waals surface area contributed by atoms with Gasteiger partial charge in [-0.1, -0.05) is 0 Å². The molecule has 0 aromatic carbocycles. The van der Waals surface area contributed by atoms with Crippen LogP contribution < -0.4 is 10.6 Å². The van der Waals surface area contributed by atoms with Crippen LogP contribution in [0.4, 0.5) is 4.79 Å². The number of ether oxygens (including phenoxy) is 2. The van der Waals surface area contributed by atoms with Gasteiger partial charge in [-0.25, -0.2) is 19.6 Å². The van der Waals surface area contributed by atoms with E-state index in [4.69, 9.17) is 13.6 Å². The summed E-state index contributed by atoms with van der Waals surface area (Å²) < 4.78 is 20.6. The molecule has 0 aliphatic carbocycles. The molecule has 12 heteroatoms. The first-order chi connectivity index (χ1) is 14.8. The number of hydrogen-bond donors (Lipinski definition) is 3. The molecule has 2 amide bonds. The number of methoxy groups -OCH3 is 1. The van der Waals surface area contributed by atoms with E-state index < -0.39 is 35.7 Å². The third kappa shape index (κ3) is 6.30. The van der Waals surface area contributed by atoms with Gasteiger partial charge in [-0.3, -0.25) is 4.79 Å². The first-order valence-corrected chi connectivity index (χ1v) is 9.80. The van der Waals surface area contributed by atoms with Crippen molar-refractivity contribution in [1.29, 1.82) is 0 Å². The minimum Gasteiger partial charge on any atom is -0.464 e. The number of rotatable bonds is 7. The zero-order chi connectivity index (χ0) is 24.2. The van der Waals surface area contributed by atoms with Crippen molar-refractivity contribution in [3.63, 3.8) is 0 Å². The Labute approximate surface area is 184 Å². The number of aliphatic hydroxyl groups excluding tert-OH is 1. The molecule has 0 bridgehead atoms. The molecule has 2 aromatic rings. The number of aromatic nitrogens is 2. The highest BCUT2D eigenvalue weighted by atomic mass is 16.6. The fourth-order valence-electron chi connectivity index (χ4n) is 2.63. The molecule has 12 nitrogen and oxygen atoms in total. The normalized spacial score (nSPS) is 13.2. The lowest BCUT2D eigenvalue weighted by atomic mass is 10.1. The van der Waals surface area contributed by atoms with E-state index in [1.807, 2.05) is 0 Å². The number of nitrogens with zero attached hydrogens (tertiary/aromatic N) is 2. The van der Waals surface area contributed by atoms with Crippen molar-refractivity contribution in [2.45, 2.75) is 65.8 Å². The lowest BCUT2D eigenvalue weighted by molar-refractivity contribution is 0.0517. The first-order valence-electron chi connectivity index (χ1n) is 9.80. The Bertz CT molecular complexity index is 986. The molecule has 176 valence electrons.